The van der Waals surface area contributed by atoms with Crippen LogP contribution in [-0.4, -0.2) is 23.0 Å². The Kier molecular flexibility index (Phi) is 5.06. The first-order chi connectivity index (χ1) is 10.2. The van der Waals surface area contributed by atoms with Gasteiger partial charge in [-0.05, 0) is 24.3 Å². The van der Waals surface area contributed by atoms with Crippen molar-refractivity contribution >= 4 is 29.4 Å². The number of hydrazone groups is 1. The number of benzene rings is 2. The summed E-state index contributed by atoms with van der Waals surface area (Å²) < 4.78 is 0. The molecular weight excluding hydrogens is 290 g/mol. The number of hydrogen-bond donors (Lipinski definition) is 2. The molecule has 2 N–H and O–H groups in total. The van der Waals surface area contributed by atoms with E-state index < -0.39 is 0 Å². The van der Waals surface area contributed by atoms with Crippen molar-refractivity contribution < 1.29 is 10.0 Å². The average molecular weight is 302 g/mol. The molecule has 0 spiro atoms. The van der Waals surface area contributed by atoms with Gasteiger partial charge in [-0.2, -0.15) is 5.10 Å². The Bertz CT molecular complexity index is 684. The van der Waals surface area contributed by atoms with Gasteiger partial charge in [0.05, 0.1) is 6.21 Å². The van der Waals surface area contributed by atoms with Gasteiger partial charge in [0.15, 0.2) is 0 Å². The highest BCUT2D eigenvalue weighted by atomic mass is 35.5. The number of nitrogens with one attached hydrogen (secondary N) is 1. The van der Waals surface area contributed by atoms with Gasteiger partial charge in [-0.1, -0.05) is 47.1 Å². The number of hydrogen-bond acceptors (Lipinski definition) is 4. The minimum atomic E-state index is -0.360. The number of rotatable bonds is 4. The lowest BCUT2D eigenvalue weighted by Gasteiger charge is -2.03. The summed E-state index contributed by atoms with van der Waals surface area (Å²) in [5, 5.41) is 16.1. The third-order valence-electron chi connectivity index (χ3n) is 2.61. The van der Waals surface area contributed by atoms with Crippen molar-refractivity contribution in [1.29, 1.82) is 0 Å². The van der Waals surface area contributed by atoms with Crippen molar-refractivity contribution in [3.63, 3.8) is 0 Å². The molecule has 21 heavy (non-hydrogen) atoms. The van der Waals surface area contributed by atoms with Gasteiger partial charge in [-0.25, -0.2) is 5.43 Å². The predicted molar refractivity (Wildman–Crippen MR) is 82.2 cm³/mol. The van der Waals surface area contributed by atoms with Crippen LogP contribution in [0.25, 0.3) is 0 Å². The minimum absolute atomic E-state index is 0.282. The van der Waals surface area contributed by atoms with Gasteiger partial charge < -0.3 is 5.21 Å². The number of halogens is 1. The molecule has 106 valence electrons. The number of carbonyl (C=O) groups excluding carboxylic acids is 1. The molecule has 2 aromatic rings. The average Bonchev–Trinajstić information content (AvgIpc) is 2.52. The molecule has 0 heterocycles. The Morgan fingerprint density at radius 3 is 2.48 bits per heavy atom. The number of nitrogens with zero attached hydrogens (tertiary/aromatic N) is 2. The molecule has 0 radical (unpaired) electrons. The van der Waals surface area contributed by atoms with Gasteiger partial charge in [0.1, 0.15) is 5.71 Å². The monoisotopic (exact) mass is 301 g/mol. The Labute approximate surface area is 126 Å². The van der Waals surface area contributed by atoms with Crippen molar-refractivity contribution in [1.82, 2.24) is 5.43 Å². The summed E-state index contributed by atoms with van der Waals surface area (Å²) in [6, 6.07) is 15.5. The molecule has 6 heteroatoms. The third kappa shape index (κ3) is 4.15. The highest BCUT2D eigenvalue weighted by Crippen LogP contribution is 2.11. The SMILES string of the molecule is O=C(N/N=C(\C=N/O)c1cccc(Cl)c1)c1ccccc1. The molecule has 0 aliphatic carbocycles. The van der Waals surface area contributed by atoms with Crippen LogP contribution in [0.3, 0.4) is 0 Å². The van der Waals surface area contributed by atoms with Gasteiger partial charge in [0.25, 0.3) is 5.91 Å². The second-order valence-electron chi connectivity index (χ2n) is 4.06. The first-order valence-corrected chi connectivity index (χ1v) is 6.45. The van der Waals surface area contributed by atoms with Gasteiger partial charge in [0.2, 0.25) is 0 Å². The number of carbonyl (C=O) groups is 1. The van der Waals surface area contributed by atoms with E-state index in [9.17, 15) is 4.79 Å². The lowest BCUT2D eigenvalue weighted by Crippen LogP contribution is -2.20. The molecule has 0 unspecified atom stereocenters. The fourth-order valence-electron chi connectivity index (χ4n) is 1.64. The van der Waals surface area contributed by atoms with E-state index in [2.05, 4.69) is 15.7 Å². The van der Waals surface area contributed by atoms with E-state index in [1.54, 1.807) is 48.5 Å². The molecule has 0 saturated heterocycles. The number of amides is 1. The largest absolute Gasteiger partial charge is 0.411 e. The van der Waals surface area contributed by atoms with E-state index in [1.807, 2.05) is 6.07 Å². The van der Waals surface area contributed by atoms with Crippen molar-refractivity contribution in [2.75, 3.05) is 0 Å². The summed E-state index contributed by atoms with van der Waals surface area (Å²) in [5.41, 5.74) is 3.79. The van der Waals surface area contributed by atoms with Crippen molar-refractivity contribution in [2.45, 2.75) is 0 Å². The molecule has 0 atom stereocenters. The van der Waals surface area contributed by atoms with Crippen LogP contribution in [0, 0.1) is 0 Å². The maximum atomic E-state index is 11.9. The van der Waals surface area contributed by atoms with Crippen LogP contribution < -0.4 is 5.43 Å². The van der Waals surface area contributed by atoms with Crippen molar-refractivity contribution in [3.05, 3.63) is 70.7 Å². The van der Waals surface area contributed by atoms with E-state index in [0.29, 0.717) is 16.1 Å². The molecule has 0 aromatic heterocycles. The lowest BCUT2D eigenvalue weighted by atomic mass is 10.1. The highest BCUT2D eigenvalue weighted by molar-refractivity contribution is 6.39. The van der Waals surface area contributed by atoms with E-state index >= 15 is 0 Å². The van der Waals surface area contributed by atoms with Crippen molar-refractivity contribution in [2.24, 2.45) is 10.3 Å². The van der Waals surface area contributed by atoms with E-state index in [1.165, 1.54) is 0 Å². The fraction of sp³-hybridized carbons (Fsp3) is 0. The van der Waals surface area contributed by atoms with Crippen molar-refractivity contribution in [3.8, 4) is 0 Å². The Balaban J connectivity index is 2.21. The normalized spacial score (nSPS) is 11.6. The zero-order valence-electron chi connectivity index (χ0n) is 10.9. The molecule has 0 aliphatic rings. The Hall–Kier alpha value is -2.66. The van der Waals surface area contributed by atoms with Crippen LogP contribution in [0.15, 0.2) is 64.9 Å². The van der Waals surface area contributed by atoms with Crippen LogP contribution in [0.2, 0.25) is 5.02 Å². The van der Waals surface area contributed by atoms with Crippen LogP contribution >= 0.6 is 11.6 Å². The van der Waals surface area contributed by atoms with Gasteiger partial charge in [-0.15, -0.1) is 0 Å². The zero-order valence-corrected chi connectivity index (χ0v) is 11.7. The maximum Gasteiger partial charge on any atom is 0.271 e. The Morgan fingerprint density at radius 2 is 1.81 bits per heavy atom. The zero-order chi connectivity index (χ0) is 15.1. The summed E-state index contributed by atoms with van der Waals surface area (Å²) in [7, 11) is 0. The molecule has 0 bridgehead atoms. The van der Waals surface area contributed by atoms with E-state index in [-0.39, 0.29) is 11.6 Å². The molecule has 2 aromatic carbocycles. The lowest BCUT2D eigenvalue weighted by molar-refractivity contribution is 0.0955. The molecule has 5 nitrogen and oxygen atoms in total. The summed E-state index contributed by atoms with van der Waals surface area (Å²) in [4.78, 5) is 11.9. The fourth-order valence-corrected chi connectivity index (χ4v) is 1.83. The predicted octanol–water partition coefficient (Wildman–Crippen LogP) is 2.93. The maximum absolute atomic E-state index is 11.9. The second-order valence-corrected chi connectivity index (χ2v) is 4.50. The minimum Gasteiger partial charge on any atom is -0.411 e. The van der Waals surface area contributed by atoms with E-state index in [4.69, 9.17) is 16.8 Å². The summed E-state index contributed by atoms with van der Waals surface area (Å²) >= 11 is 5.90. The summed E-state index contributed by atoms with van der Waals surface area (Å²) in [5.74, 6) is -0.360. The van der Waals surface area contributed by atoms with Crippen LogP contribution in [0.5, 0.6) is 0 Å². The topological polar surface area (TPSA) is 74.0 Å². The quantitative estimate of drug-likeness (QED) is 0.517. The molecular formula is C15H12ClN3O2. The van der Waals surface area contributed by atoms with Gasteiger partial charge in [0, 0.05) is 16.1 Å². The van der Waals surface area contributed by atoms with Crippen LogP contribution in [-0.2, 0) is 0 Å². The van der Waals surface area contributed by atoms with Gasteiger partial charge in [-0.3, -0.25) is 4.79 Å². The second kappa shape index (κ2) is 7.21. The molecule has 2 rings (SSSR count). The molecule has 0 fully saturated rings. The Morgan fingerprint density at radius 1 is 1.10 bits per heavy atom. The van der Waals surface area contributed by atoms with E-state index in [0.717, 1.165) is 6.21 Å². The molecule has 0 saturated carbocycles. The first-order valence-electron chi connectivity index (χ1n) is 6.07. The molecule has 0 aliphatic heterocycles. The summed E-state index contributed by atoms with van der Waals surface area (Å²) in [6.07, 6.45) is 1.12. The smallest absolute Gasteiger partial charge is 0.271 e. The molecule has 1 amide bonds. The van der Waals surface area contributed by atoms with Crippen LogP contribution in [0.4, 0.5) is 0 Å². The van der Waals surface area contributed by atoms with Gasteiger partial charge >= 0.3 is 0 Å². The number of oxime groups is 1. The third-order valence-corrected chi connectivity index (χ3v) is 2.85. The standard InChI is InChI=1S/C15H12ClN3O2/c16-13-8-4-7-12(9-13)14(10-17-21)18-19-15(20)11-5-2-1-3-6-11/h1-10,21H,(H,19,20)/b17-10-,18-14+. The summed E-state index contributed by atoms with van der Waals surface area (Å²) in [6.45, 7) is 0. The highest BCUT2D eigenvalue weighted by Gasteiger charge is 2.06. The van der Waals surface area contributed by atoms with Crippen LogP contribution in [0.1, 0.15) is 15.9 Å². The first kappa shape index (κ1) is 14.7.